The van der Waals surface area contributed by atoms with Gasteiger partial charge in [-0.25, -0.2) is 4.98 Å². The Kier molecular flexibility index (Phi) is 8.81. The van der Waals surface area contributed by atoms with E-state index in [0.717, 1.165) is 31.1 Å². The van der Waals surface area contributed by atoms with Crippen molar-refractivity contribution in [3.05, 3.63) is 24.5 Å². The summed E-state index contributed by atoms with van der Waals surface area (Å²) in [5, 5.41) is 4.25. The first kappa shape index (κ1) is 26.3. The van der Waals surface area contributed by atoms with Crippen LogP contribution in [0.4, 0.5) is 19.0 Å². The highest BCUT2D eigenvalue weighted by atomic mass is 19.4. The molecule has 3 heterocycles. The third-order valence-corrected chi connectivity index (χ3v) is 6.32. The molecule has 5 rings (SSSR count). The van der Waals surface area contributed by atoms with E-state index in [0.29, 0.717) is 11.3 Å². The standard InChI is InChI=1S/C12H13F3N4O.C10H17NO.C2H6/c1-7(2)19-4-3-9(18-19)8-5-10(11(16)17-6-8)20-12(13,14)15;1-3-12-4-2-11(1)10-6-8-5-9(8)7-10;1-2/h3-7H,1-2H3,(H2,16,17);8-10H,1-7H2;1-2H3. The van der Waals surface area contributed by atoms with Crippen molar-refractivity contribution in [3.8, 4) is 17.0 Å². The van der Waals surface area contributed by atoms with Crippen molar-refractivity contribution in [2.24, 2.45) is 11.8 Å². The van der Waals surface area contributed by atoms with Crippen LogP contribution in [0.5, 0.6) is 5.75 Å². The number of fused-ring (bicyclic) bond motifs is 1. The van der Waals surface area contributed by atoms with Crippen LogP contribution in [0.25, 0.3) is 11.3 Å². The molecular formula is C24H36F3N5O2. The van der Waals surface area contributed by atoms with Crippen LogP contribution in [-0.4, -0.2) is 58.4 Å². The molecule has 0 radical (unpaired) electrons. The average Bonchev–Trinajstić information content (AvgIpc) is 3.19. The second-order valence-electron chi connectivity index (χ2n) is 8.96. The molecule has 2 aromatic heterocycles. The van der Waals surface area contributed by atoms with Gasteiger partial charge in [0.2, 0.25) is 0 Å². The number of nitrogen functional groups attached to an aromatic ring is 1. The number of nitrogens with zero attached hydrogens (tertiary/aromatic N) is 4. The summed E-state index contributed by atoms with van der Waals surface area (Å²) in [6, 6.07) is 3.93. The number of nitrogens with two attached hydrogens (primary N) is 1. The predicted octanol–water partition coefficient (Wildman–Crippen LogP) is 5.15. The monoisotopic (exact) mass is 483 g/mol. The number of aromatic nitrogens is 3. The van der Waals surface area contributed by atoms with E-state index < -0.39 is 12.1 Å². The highest BCUT2D eigenvalue weighted by Gasteiger charge is 2.47. The van der Waals surface area contributed by atoms with E-state index in [2.05, 4.69) is 19.7 Å². The molecule has 0 spiro atoms. The van der Waals surface area contributed by atoms with Gasteiger partial charge in [-0.3, -0.25) is 9.58 Å². The Hall–Kier alpha value is -2.33. The first-order valence-corrected chi connectivity index (χ1v) is 12.1. The second kappa shape index (κ2) is 11.4. The fourth-order valence-electron chi connectivity index (χ4n) is 4.50. The number of pyridine rings is 1. The topological polar surface area (TPSA) is 78.4 Å². The van der Waals surface area contributed by atoms with Crippen molar-refractivity contribution in [2.75, 3.05) is 32.0 Å². The number of ether oxygens (including phenoxy) is 2. The Morgan fingerprint density at radius 1 is 1.12 bits per heavy atom. The average molecular weight is 484 g/mol. The minimum atomic E-state index is -4.81. The quantitative estimate of drug-likeness (QED) is 0.648. The predicted molar refractivity (Wildman–Crippen MR) is 125 cm³/mol. The lowest BCUT2D eigenvalue weighted by Crippen LogP contribution is -2.42. The third kappa shape index (κ3) is 7.09. The van der Waals surface area contributed by atoms with Crippen LogP contribution in [0.3, 0.4) is 0 Å². The SMILES string of the molecule is C1CN(C2CC3CC3C2)CCO1.CC.CC(C)n1ccc(-c2cnc(N)c(OC(F)(F)F)c2)n1. The molecule has 1 saturated heterocycles. The molecule has 2 saturated carbocycles. The van der Waals surface area contributed by atoms with Crippen LogP contribution in [0, 0.1) is 11.8 Å². The van der Waals surface area contributed by atoms with Gasteiger partial charge < -0.3 is 15.2 Å². The fourth-order valence-corrected chi connectivity index (χ4v) is 4.50. The number of rotatable bonds is 4. The number of halogens is 3. The van der Waals surface area contributed by atoms with Gasteiger partial charge in [-0.2, -0.15) is 5.10 Å². The van der Waals surface area contributed by atoms with Crippen LogP contribution in [0.15, 0.2) is 24.5 Å². The smallest absolute Gasteiger partial charge is 0.402 e. The van der Waals surface area contributed by atoms with Gasteiger partial charge in [0.1, 0.15) is 0 Å². The molecule has 190 valence electrons. The summed E-state index contributed by atoms with van der Waals surface area (Å²) in [6.07, 6.45) is 2.80. The van der Waals surface area contributed by atoms with E-state index in [-0.39, 0.29) is 11.9 Å². The molecule has 10 heteroatoms. The zero-order valence-electron chi connectivity index (χ0n) is 20.4. The van der Waals surface area contributed by atoms with Crippen molar-refractivity contribution >= 4 is 5.82 Å². The molecule has 7 nitrogen and oxygen atoms in total. The van der Waals surface area contributed by atoms with Gasteiger partial charge in [-0.15, -0.1) is 13.2 Å². The van der Waals surface area contributed by atoms with Crippen LogP contribution in [0.1, 0.15) is 53.0 Å². The summed E-state index contributed by atoms with van der Waals surface area (Å²) in [5.74, 6) is 1.39. The highest BCUT2D eigenvalue weighted by molar-refractivity contribution is 5.63. The molecule has 2 aliphatic carbocycles. The zero-order valence-corrected chi connectivity index (χ0v) is 20.4. The minimum absolute atomic E-state index is 0.149. The Bertz CT molecular complexity index is 902. The molecular weight excluding hydrogens is 447 g/mol. The number of anilines is 1. The molecule has 0 aromatic carbocycles. The summed E-state index contributed by atoms with van der Waals surface area (Å²) in [4.78, 5) is 6.35. The number of hydrogen-bond donors (Lipinski definition) is 1. The molecule has 2 atom stereocenters. The second-order valence-corrected chi connectivity index (χ2v) is 8.96. The summed E-state index contributed by atoms with van der Waals surface area (Å²) >= 11 is 0. The van der Waals surface area contributed by atoms with Gasteiger partial charge in [0.05, 0.1) is 18.9 Å². The molecule has 0 bridgehead atoms. The molecule has 34 heavy (non-hydrogen) atoms. The lowest BCUT2D eigenvalue weighted by atomic mass is 10.1. The van der Waals surface area contributed by atoms with E-state index in [1.165, 1.54) is 38.2 Å². The molecule has 0 amide bonds. The maximum absolute atomic E-state index is 12.2. The maximum Gasteiger partial charge on any atom is 0.573 e. The molecule has 1 aliphatic heterocycles. The molecule has 3 aliphatic rings. The van der Waals surface area contributed by atoms with Gasteiger partial charge in [0.25, 0.3) is 0 Å². The summed E-state index contributed by atoms with van der Waals surface area (Å²) in [5.41, 5.74) is 6.27. The van der Waals surface area contributed by atoms with Gasteiger partial charge in [-0.1, -0.05) is 13.8 Å². The van der Waals surface area contributed by atoms with E-state index >= 15 is 0 Å². The van der Waals surface area contributed by atoms with Crippen molar-refractivity contribution in [1.82, 2.24) is 19.7 Å². The number of alkyl halides is 3. The van der Waals surface area contributed by atoms with Gasteiger partial charge in [-0.05, 0) is 57.1 Å². The Morgan fingerprint density at radius 3 is 2.32 bits per heavy atom. The van der Waals surface area contributed by atoms with Gasteiger partial charge in [0.15, 0.2) is 11.6 Å². The lowest BCUT2D eigenvalue weighted by molar-refractivity contribution is -0.274. The summed E-state index contributed by atoms with van der Waals surface area (Å²) in [6.45, 7) is 12.2. The third-order valence-electron chi connectivity index (χ3n) is 6.32. The fraction of sp³-hybridized carbons (Fsp3) is 0.667. The van der Waals surface area contributed by atoms with Gasteiger partial charge in [0, 0.05) is 43.1 Å². The van der Waals surface area contributed by atoms with Crippen molar-refractivity contribution < 1.29 is 22.6 Å². The molecule has 2 aromatic rings. The summed E-state index contributed by atoms with van der Waals surface area (Å²) < 4.78 is 47.6. The van der Waals surface area contributed by atoms with Crippen LogP contribution < -0.4 is 10.5 Å². The van der Waals surface area contributed by atoms with Crippen LogP contribution >= 0.6 is 0 Å². The Morgan fingerprint density at radius 2 is 1.76 bits per heavy atom. The normalized spacial score (nSPS) is 23.9. The van der Waals surface area contributed by atoms with Gasteiger partial charge >= 0.3 is 6.36 Å². The number of morpholine rings is 1. The highest BCUT2D eigenvalue weighted by Crippen LogP contribution is 2.53. The van der Waals surface area contributed by atoms with Crippen LogP contribution in [-0.2, 0) is 4.74 Å². The number of hydrogen-bond acceptors (Lipinski definition) is 6. The Labute approximate surface area is 199 Å². The molecule has 2 unspecified atom stereocenters. The first-order chi connectivity index (χ1) is 16.2. The van der Waals surface area contributed by atoms with E-state index in [1.54, 1.807) is 23.4 Å². The van der Waals surface area contributed by atoms with E-state index in [4.69, 9.17) is 10.5 Å². The maximum atomic E-state index is 12.2. The lowest BCUT2D eigenvalue weighted by Gasteiger charge is -2.32. The summed E-state index contributed by atoms with van der Waals surface area (Å²) in [7, 11) is 0. The first-order valence-electron chi connectivity index (χ1n) is 12.1. The van der Waals surface area contributed by atoms with Crippen molar-refractivity contribution in [2.45, 2.75) is 65.4 Å². The largest absolute Gasteiger partial charge is 0.573 e. The van der Waals surface area contributed by atoms with E-state index in [9.17, 15) is 13.2 Å². The van der Waals surface area contributed by atoms with Crippen LogP contribution in [0.2, 0.25) is 0 Å². The minimum Gasteiger partial charge on any atom is -0.402 e. The van der Waals surface area contributed by atoms with Crippen molar-refractivity contribution in [3.63, 3.8) is 0 Å². The molecule has 3 fully saturated rings. The Balaban J connectivity index is 0.000000195. The zero-order chi connectivity index (χ0) is 24.9. The van der Waals surface area contributed by atoms with Crippen molar-refractivity contribution in [1.29, 1.82) is 0 Å². The van der Waals surface area contributed by atoms with E-state index in [1.807, 2.05) is 27.7 Å². The molecule has 2 N–H and O–H groups in total.